The molecule has 0 saturated heterocycles. The minimum atomic E-state index is 0.308. The number of rotatable bonds is 6. The maximum absolute atomic E-state index is 11.6. The summed E-state index contributed by atoms with van der Waals surface area (Å²) in [6.45, 7) is 0.308. The zero-order chi connectivity index (χ0) is 15.5. The van der Waals surface area contributed by atoms with Gasteiger partial charge < -0.3 is 9.47 Å². The largest absolute Gasteiger partial charge is 0.495 e. The van der Waals surface area contributed by atoms with Crippen molar-refractivity contribution in [2.45, 2.75) is 25.4 Å². The van der Waals surface area contributed by atoms with Crippen LogP contribution in [0.1, 0.15) is 40.6 Å². The van der Waals surface area contributed by atoms with Crippen molar-refractivity contribution < 1.29 is 14.3 Å². The first-order valence-electron chi connectivity index (χ1n) is 7.12. The van der Waals surface area contributed by atoms with E-state index in [2.05, 4.69) is 15.0 Å². The molecule has 6 heteroatoms. The average molecular weight is 299 g/mol. The van der Waals surface area contributed by atoms with Crippen molar-refractivity contribution in [1.29, 1.82) is 0 Å². The van der Waals surface area contributed by atoms with Gasteiger partial charge in [-0.05, 0) is 25.0 Å². The average Bonchev–Trinajstić information content (AvgIpc) is 3.39. The van der Waals surface area contributed by atoms with Crippen molar-refractivity contribution in [2.24, 2.45) is 0 Å². The highest BCUT2D eigenvalue weighted by atomic mass is 16.5. The molecule has 0 atom stereocenters. The molecule has 1 fully saturated rings. The Morgan fingerprint density at radius 1 is 1.27 bits per heavy atom. The maximum Gasteiger partial charge on any atom is 0.155 e. The molecule has 3 rings (SSSR count). The Kier molecular flexibility index (Phi) is 4.11. The van der Waals surface area contributed by atoms with Gasteiger partial charge in [-0.1, -0.05) is 0 Å². The monoisotopic (exact) mass is 299 g/mol. The molecule has 6 nitrogen and oxygen atoms in total. The van der Waals surface area contributed by atoms with Gasteiger partial charge in [-0.15, -0.1) is 0 Å². The summed E-state index contributed by atoms with van der Waals surface area (Å²) in [6, 6.07) is 3.59. The smallest absolute Gasteiger partial charge is 0.155 e. The number of carbonyl (C=O) groups is 1. The predicted octanol–water partition coefficient (Wildman–Crippen LogP) is 2.38. The van der Waals surface area contributed by atoms with Crippen molar-refractivity contribution in [3.05, 3.63) is 35.4 Å². The molecule has 0 spiro atoms. The van der Waals surface area contributed by atoms with Crippen LogP contribution in [0.2, 0.25) is 0 Å². The third-order valence-electron chi connectivity index (χ3n) is 3.59. The van der Waals surface area contributed by atoms with Crippen LogP contribution in [0, 0.1) is 0 Å². The summed E-state index contributed by atoms with van der Waals surface area (Å²) in [4.78, 5) is 24.9. The van der Waals surface area contributed by atoms with Crippen molar-refractivity contribution in [1.82, 2.24) is 15.0 Å². The lowest BCUT2D eigenvalue weighted by atomic mass is 10.1. The second-order valence-corrected chi connectivity index (χ2v) is 5.20. The standard InChI is InChI=1S/C16H17N3O3/c1-21-9-14-18-15(10-3-4-10)12(8-20)16(19-14)13-6-5-11(22-2)7-17-13/h5-8,10H,3-4,9H2,1-2H3. The molecule has 0 N–H and O–H groups in total. The van der Waals surface area contributed by atoms with Crippen LogP contribution >= 0.6 is 0 Å². The summed E-state index contributed by atoms with van der Waals surface area (Å²) < 4.78 is 10.2. The highest BCUT2D eigenvalue weighted by Gasteiger charge is 2.30. The molecule has 0 amide bonds. The van der Waals surface area contributed by atoms with E-state index in [4.69, 9.17) is 9.47 Å². The molecule has 1 aliphatic carbocycles. The van der Waals surface area contributed by atoms with Crippen LogP contribution in [0.3, 0.4) is 0 Å². The fraction of sp³-hybridized carbons (Fsp3) is 0.375. The summed E-state index contributed by atoms with van der Waals surface area (Å²) in [5, 5.41) is 0. The Morgan fingerprint density at radius 3 is 2.64 bits per heavy atom. The fourth-order valence-electron chi connectivity index (χ4n) is 2.35. The lowest BCUT2D eigenvalue weighted by Crippen LogP contribution is -2.08. The molecule has 0 radical (unpaired) electrons. The zero-order valence-electron chi connectivity index (χ0n) is 12.6. The van der Waals surface area contributed by atoms with E-state index in [1.54, 1.807) is 32.5 Å². The molecule has 0 bridgehead atoms. The van der Waals surface area contributed by atoms with E-state index in [-0.39, 0.29) is 0 Å². The highest BCUT2D eigenvalue weighted by Crippen LogP contribution is 2.41. The summed E-state index contributed by atoms with van der Waals surface area (Å²) in [5.74, 6) is 1.57. The fourth-order valence-corrected chi connectivity index (χ4v) is 2.35. The molecule has 22 heavy (non-hydrogen) atoms. The Balaban J connectivity index is 2.12. The molecule has 1 aliphatic rings. The van der Waals surface area contributed by atoms with Crippen molar-refractivity contribution in [2.75, 3.05) is 14.2 Å². The summed E-state index contributed by atoms with van der Waals surface area (Å²) in [7, 11) is 3.18. The van der Waals surface area contributed by atoms with Crippen LogP contribution in [0.4, 0.5) is 0 Å². The molecule has 0 aliphatic heterocycles. The van der Waals surface area contributed by atoms with Gasteiger partial charge >= 0.3 is 0 Å². The molecule has 1 saturated carbocycles. The summed E-state index contributed by atoms with van der Waals surface area (Å²) >= 11 is 0. The van der Waals surface area contributed by atoms with Crippen LogP contribution in [0.15, 0.2) is 18.3 Å². The Morgan fingerprint density at radius 2 is 2.09 bits per heavy atom. The second kappa shape index (κ2) is 6.19. The van der Waals surface area contributed by atoms with Gasteiger partial charge in [0, 0.05) is 13.0 Å². The van der Waals surface area contributed by atoms with Crippen molar-refractivity contribution in [3.8, 4) is 17.1 Å². The third-order valence-corrected chi connectivity index (χ3v) is 3.59. The summed E-state index contributed by atoms with van der Waals surface area (Å²) in [5.41, 5.74) is 2.52. The number of pyridine rings is 1. The SMILES string of the molecule is COCc1nc(-c2ccc(OC)cn2)c(C=O)c(C2CC2)n1. The first kappa shape index (κ1) is 14.6. The maximum atomic E-state index is 11.6. The number of hydrogen-bond acceptors (Lipinski definition) is 6. The number of ether oxygens (including phenoxy) is 2. The quantitative estimate of drug-likeness (QED) is 0.762. The normalized spacial score (nSPS) is 13.9. The van der Waals surface area contributed by atoms with Crippen molar-refractivity contribution in [3.63, 3.8) is 0 Å². The topological polar surface area (TPSA) is 74.2 Å². The van der Waals surface area contributed by atoms with Crippen LogP contribution in [-0.2, 0) is 11.3 Å². The second-order valence-electron chi connectivity index (χ2n) is 5.20. The molecular weight excluding hydrogens is 282 g/mol. The summed E-state index contributed by atoms with van der Waals surface area (Å²) in [6.07, 6.45) is 4.55. The van der Waals surface area contributed by atoms with Crippen LogP contribution in [0.25, 0.3) is 11.4 Å². The molecular formula is C16H17N3O3. The van der Waals surface area contributed by atoms with Crippen LogP contribution in [-0.4, -0.2) is 35.5 Å². The zero-order valence-corrected chi connectivity index (χ0v) is 12.6. The van der Waals surface area contributed by atoms with E-state index in [0.717, 1.165) is 24.8 Å². The number of aldehydes is 1. The van der Waals surface area contributed by atoms with E-state index in [1.165, 1.54) is 0 Å². The highest BCUT2D eigenvalue weighted by molar-refractivity contribution is 5.86. The number of aromatic nitrogens is 3. The van der Waals surface area contributed by atoms with Crippen LogP contribution < -0.4 is 4.74 Å². The molecule has 114 valence electrons. The van der Waals surface area contributed by atoms with E-state index in [9.17, 15) is 4.79 Å². The van der Waals surface area contributed by atoms with E-state index in [0.29, 0.717) is 41.1 Å². The van der Waals surface area contributed by atoms with Gasteiger partial charge in [-0.25, -0.2) is 9.97 Å². The Labute approximate surface area is 128 Å². The van der Waals surface area contributed by atoms with Crippen LogP contribution in [0.5, 0.6) is 5.75 Å². The number of methoxy groups -OCH3 is 2. The van der Waals surface area contributed by atoms with Gasteiger partial charge in [0.2, 0.25) is 0 Å². The van der Waals surface area contributed by atoms with E-state index in [1.807, 2.05) is 0 Å². The van der Waals surface area contributed by atoms with E-state index < -0.39 is 0 Å². The Bertz CT molecular complexity index is 682. The minimum absolute atomic E-state index is 0.308. The number of nitrogens with zero attached hydrogens (tertiary/aromatic N) is 3. The first-order valence-corrected chi connectivity index (χ1v) is 7.12. The first-order chi connectivity index (χ1) is 10.8. The number of hydrogen-bond donors (Lipinski definition) is 0. The molecule has 0 aromatic carbocycles. The van der Waals surface area contributed by atoms with E-state index >= 15 is 0 Å². The minimum Gasteiger partial charge on any atom is -0.495 e. The number of carbonyl (C=O) groups excluding carboxylic acids is 1. The van der Waals surface area contributed by atoms with Gasteiger partial charge in [0.25, 0.3) is 0 Å². The molecule has 2 aromatic rings. The lowest BCUT2D eigenvalue weighted by molar-refractivity contribution is 0.112. The van der Waals surface area contributed by atoms with Gasteiger partial charge in [0.1, 0.15) is 18.1 Å². The van der Waals surface area contributed by atoms with Gasteiger partial charge in [0.15, 0.2) is 12.1 Å². The van der Waals surface area contributed by atoms with Gasteiger partial charge in [0.05, 0.1) is 30.3 Å². The van der Waals surface area contributed by atoms with Gasteiger partial charge in [-0.2, -0.15) is 0 Å². The molecule has 0 unspecified atom stereocenters. The van der Waals surface area contributed by atoms with Crippen molar-refractivity contribution >= 4 is 6.29 Å². The molecule has 2 aromatic heterocycles. The predicted molar refractivity (Wildman–Crippen MR) is 79.9 cm³/mol. The molecule has 2 heterocycles. The third kappa shape index (κ3) is 2.82. The van der Waals surface area contributed by atoms with Gasteiger partial charge in [-0.3, -0.25) is 9.78 Å². The lowest BCUT2D eigenvalue weighted by Gasteiger charge is -2.11. The Hall–Kier alpha value is -2.34.